The van der Waals surface area contributed by atoms with Crippen LogP contribution in [0.4, 0.5) is 0 Å². The molecule has 1 aliphatic rings. The van der Waals surface area contributed by atoms with E-state index in [1.54, 1.807) is 31.4 Å². The normalized spacial score (nSPS) is 14.3. The zero-order chi connectivity index (χ0) is 18.4. The average Bonchev–Trinajstić information content (AvgIpc) is 2.67. The largest absolute Gasteiger partial charge is 0.497 e. The average molecular weight is 411 g/mol. The van der Waals surface area contributed by atoms with Crippen LogP contribution in [-0.4, -0.2) is 40.1 Å². The van der Waals surface area contributed by atoms with Gasteiger partial charge in [-0.25, -0.2) is 13.1 Å². The fourth-order valence-corrected chi connectivity index (χ4v) is 4.32. The summed E-state index contributed by atoms with van der Waals surface area (Å²) < 4.78 is 32.3. The van der Waals surface area contributed by atoms with Gasteiger partial charge in [0.2, 0.25) is 10.0 Å². The Hall–Kier alpha value is -1.60. The number of unbranched alkanes of at least 4 members (excludes halogenated alkanes) is 1. The molecular weight excluding hydrogens is 384 g/mol. The quantitative estimate of drug-likeness (QED) is 0.679. The van der Waals surface area contributed by atoms with Crippen molar-refractivity contribution in [1.82, 2.24) is 9.62 Å². The number of rotatable bonds is 8. The van der Waals surface area contributed by atoms with E-state index in [1.807, 2.05) is 0 Å². The van der Waals surface area contributed by atoms with Crippen LogP contribution in [0.25, 0.3) is 0 Å². The smallest absolute Gasteiger partial charge is 0.240 e. The Morgan fingerprint density at radius 3 is 2.44 bits per heavy atom. The molecule has 5 nitrogen and oxygen atoms in total. The Kier molecular flexibility index (Phi) is 8.10. The molecule has 2 aromatic carbocycles. The Morgan fingerprint density at radius 1 is 1.04 bits per heavy atom. The predicted octanol–water partition coefficient (Wildman–Crippen LogP) is 3.23. The Labute approximate surface area is 168 Å². The van der Waals surface area contributed by atoms with Gasteiger partial charge in [-0.15, -0.1) is 12.4 Å². The summed E-state index contributed by atoms with van der Waals surface area (Å²) in [5.41, 5.74) is 2.87. The zero-order valence-electron chi connectivity index (χ0n) is 15.6. The van der Waals surface area contributed by atoms with Gasteiger partial charge in [-0.3, -0.25) is 4.90 Å². The number of sulfonamides is 1. The number of nitrogens with one attached hydrogen (secondary N) is 1. The van der Waals surface area contributed by atoms with Crippen LogP contribution in [0.5, 0.6) is 5.75 Å². The molecule has 148 valence electrons. The van der Waals surface area contributed by atoms with Crippen LogP contribution in [-0.2, 0) is 23.0 Å². The lowest BCUT2D eigenvalue weighted by molar-refractivity contribution is 0.249. The molecule has 0 unspecified atom stereocenters. The maximum absolute atomic E-state index is 12.3. The van der Waals surface area contributed by atoms with E-state index in [0.29, 0.717) is 12.3 Å². The van der Waals surface area contributed by atoms with Gasteiger partial charge in [0.05, 0.1) is 12.0 Å². The van der Waals surface area contributed by atoms with E-state index in [9.17, 15) is 8.42 Å². The fraction of sp³-hybridized carbons (Fsp3) is 0.400. The first kappa shape index (κ1) is 21.7. The van der Waals surface area contributed by atoms with Gasteiger partial charge in [0.1, 0.15) is 5.75 Å². The van der Waals surface area contributed by atoms with E-state index in [1.165, 1.54) is 11.1 Å². The highest BCUT2D eigenvalue weighted by Crippen LogP contribution is 2.19. The van der Waals surface area contributed by atoms with Gasteiger partial charge in [-0.1, -0.05) is 24.3 Å². The van der Waals surface area contributed by atoms with Gasteiger partial charge in [0, 0.05) is 19.6 Å². The van der Waals surface area contributed by atoms with E-state index < -0.39 is 10.0 Å². The summed E-state index contributed by atoms with van der Waals surface area (Å²) >= 11 is 0. The zero-order valence-corrected chi connectivity index (χ0v) is 17.2. The lowest BCUT2D eigenvalue weighted by Crippen LogP contribution is -2.32. The predicted molar refractivity (Wildman–Crippen MR) is 110 cm³/mol. The number of ether oxygens (including phenoxy) is 1. The van der Waals surface area contributed by atoms with E-state index in [2.05, 4.69) is 33.9 Å². The molecule has 3 rings (SSSR count). The van der Waals surface area contributed by atoms with Crippen molar-refractivity contribution in [2.24, 2.45) is 0 Å². The molecule has 0 amide bonds. The second kappa shape index (κ2) is 10.1. The maximum Gasteiger partial charge on any atom is 0.240 e. The summed E-state index contributed by atoms with van der Waals surface area (Å²) in [4.78, 5) is 2.71. The number of benzene rings is 2. The van der Waals surface area contributed by atoms with Crippen LogP contribution in [0, 0.1) is 0 Å². The Balaban J connectivity index is 0.00000261. The third kappa shape index (κ3) is 5.94. The van der Waals surface area contributed by atoms with Crippen molar-refractivity contribution < 1.29 is 13.2 Å². The van der Waals surface area contributed by atoms with Gasteiger partial charge in [0.15, 0.2) is 0 Å². The summed E-state index contributed by atoms with van der Waals surface area (Å²) in [6.07, 6.45) is 2.90. The molecule has 7 heteroatoms. The third-order valence-electron chi connectivity index (χ3n) is 4.77. The van der Waals surface area contributed by atoms with Gasteiger partial charge in [-0.2, -0.15) is 0 Å². The van der Waals surface area contributed by atoms with Crippen molar-refractivity contribution in [3.8, 4) is 5.75 Å². The standard InChI is InChI=1S/C20H26N2O3S.ClH/c1-25-19-8-10-20(11-9-19)26(23,24)21-13-4-5-14-22-15-12-17-6-2-3-7-18(17)16-22;/h2-3,6-11,21H,4-5,12-16H2,1H3;1H. The number of hydrogen-bond acceptors (Lipinski definition) is 4. The lowest BCUT2D eigenvalue weighted by atomic mass is 10.00. The van der Waals surface area contributed by atoms with Gasteiger partial charge < -0.3 is 4.74 Å². The minimum Gasteiger partial charge on any atom is -0.497 e. The number of nitrogens with zero attached hydrogens (tertiary/aromatic N) is 1. The van der Waals surface area contributed by atoms with Gasteiger partial charge in [0.25, 0.3) is 0 Å². The summed E-state index contributed by atoms with van der Waals surface area (Å²) in [5.74, 6) is 0.645. The van der Waals surface area contributed by atoms with Crippen molar-refractivity contribution in [3.63, 3.8) is 0 Å². The van der Waals surface area contributed by atoms with Crippen LogP contribution in [0.15, 0.2) is 53.4 Å². The molecular formula is C20H27ClN2O3S. The number of halogens is 1. The lowest BCUT2D eigenvalue weighted by Gasteiger charge is -2.28. The highest BCUT2D eigenvalue weighted by atomic mass is 35.5. The Morgan fingerprint density at radius 2 is 1.74 bits per heavy atom. The van der Waals surface area contributed by atoms with Crippen LogP contribution >= 0.6 is 12.4 Å². The maximum atomic E-state index is 12.3. The molecule has 0 spiro atoms. The molecule has 0 aliphatic carbocycles. The van der Waals surface area contributed by atoms with Crippen LogP contribution in [0.3, 0.4) is 0 Å². The van der Waals surface area contributed by atoms with Crippen molar-refractivity contribution in [1.29, 1.82) is 0 Å². The Bertz CT molecular complexity index is 825. The second-order valence-electron chi connectivity index (χ2n) is 6.58. The molecule has 1 heterocycles. The topological polar surface area (TPSA) is 58.6 Å². The monoisotopic (exact) mass is 410 g/mol. The van der Waals surface area contributed by atoms with E-state index in [0.717, 1.165) is 38.9 Å². The first-order chi connectivity index (χ1) is 12.6. The third-order valence-corrected chi connectivity index (χ3v) is 6.25. The van der Waals surface area contributed by atoms with Gasteiger partial charge in [-0.05, 0) is 61.2 Å². The summed E-state index contributed by atoms with van der Waals surface area (Å²) in [6, 6.07) is 15.0. The molecule has 0 atom stereocenters. The van der Waals surface area contributed by atoms with Crippen molar-refractivity contribution in [3.05, 3.63) is 59.7 Å². The molecule has 0 fully saturated rings. The molecule has 0 saturated carbocycles. The molecule has 1 N–H and O–H groups in total. The van der Waals surface area contributed by atoms with Crippen LogP contribution in [0.1, 0.15) is 24.0 Å². The van der Waals surface area contributed by atoms with Crippen molar-refractivity contribution in [2.45, 2.75) is 30.7 Å². The minimum absolute atomic E-state index is 0. The summed E-state index contributed by atoms with van der Waals surface area (Å²) in [6.45, 7) is 3.53. The summed E-state index contributed by atoms with van der Waals surface area (Å²) in [5, 5.41) is 0. The number of hydrogen-bond donors (Lipinski definition) is 1. The minimum atomic E-state index is -3.45. The highest BCUT2D eigenvalue weighted by Gasteiger charge is 2.16. The molecule has 27 heavy (non-hydrogen) atoms. The van der Waals surface area contributed by atoms with Crippen LogP contribution < -0.4 is 9.46 Å². The van der Waals surface area contributed by atoms with Crippen molar-refractivity contribution >= 4 is 22.4 Å². The first-order valence-electron chi connectivity index (χ1n) is 9.01. The molecule has 1 aliphatic heterocycles. The molecule has 0 bridgehead atoms. The summed E-state index contributed by atoms with van der Waals surface area (Å²) in [7, 11) is -1.89. The van der Waals surface area contributed by atoms with E-state index >= 15 is 0 Å². The number of methoxy groups -OCH3 is 1. The molecule has 0 saturated heterocycles. The van der Waals surface area contributed by atoms with E-state index in [4.69, 9.17) is 4.74 Å². The molecule has 0 radical (unpaired) electrons. The van der Waals surface area contributed by atoms with Crippen LogP contribution in [0.2, 0.25) is 0 Å². The molecule has 2 aromatic rings. The molecule has 0 aromatic heterocycles. The van der Waals surface area contributed by atoms with Gasteiger partial charge >= 0.3 is 0 Å². The SMILES string of the molecule is COc1ccc(S(=O)(=O)NCCCCN2CCc3ccccc3C2)cc1.Cl. The second-order valence-corrected chi connectivity index (χ2v) is 8.34. The number of fused-ring (bicyclic) bond motifs is 1. The highest BCUT2D eigenvalue weighted by molar-refractivity contribution is 7.89. The van der Waals surface area contributed by atoms with E-state index in [-0.39, 0.29) is 17.3 Å². The van der Waals surface area contributed by atoms with Crippen molar-refractivity contribution in [2.75, 3.05) is 26.7 Å². The fourth-order valence-electron chi connectivity index (χ4n) is 3.25. The first-order valence-corrected chi connectivity index (χ1v) is 10.5.